The molecule has 0 amide bonds. The van der Waals surface area contributed by atoms with E-state index in [4.69, 9.17) is 17.3 Å². The first-order chi connectivity index (χ1) is 8.18. The summed E-state index contributed by atoms with van der Waals surface area (Å²) in [6, 6.07) is 6.21. The van der Waals surface area contributed by atoms with Crippen LogP contribution >= 0.6 is 11.6 Å². The van der Waals surface area contributed by atoms with E-state index >= 15 is 0 Å². The Balaban J connectivity index is 2.13. The zero-order valence-corrected chi connectivity index (χ0v) is 10.7. The lowest BCUT2D eigenvalue weighted by atomic mass is 9.77. The number of aryl methyl sites for hydroxylation is 1. The third kappa shape index (κ3) is 1.67. The highest BCUT2D eigenvalue weighted by atomic mass is 35.5. The van der Waals surface area contributed by atoms with Gasteiger partial charge < -0.3 is 10.3 Å². The summed E-state index contributed by atoms with van der Waals surface area (Å²) in [6.07, 6.45) is 5.99. The van der Waals surface area contributed by atoms with Crippen LogP contribution < -0.4 is 5.73 Å². The normalized spacial score (nSPS) is 18.3. The highest BCUT2D eigenvalue weighted by Crippen LogP contribution is 2.39. The number of para-hydroxylation sites is 1. The Labute approximate surface area is 106 Å². The second-order valence-electron chi connectivity index (χ2n) is 5.05. The molecule has 1 aliphatic rings. The SMILES string of the molecule is Cn1cc(C(N)C2CCC2)c2cccc(Cl)c21. The molecule has 2 aromatic rings. The van der Waals surface area contributed by atoms with Crippen LogP contribution in [-0.4, -0.2) is 4.57 Å². The summed E-state index contributed by atoms with van der Waals surface area (Å²) in [4.78, 5) is 0. The molecule has 90 valence electrons. The summed E-state index contributed by atoms with van der Waals surface area (Å²) >= 11 is 6.25. The first-order valence-electron chi connectivity index (χ1n) is 6.17. The fourth-order valence-corrected chi connectivity index (χ4v) is 3.08. The predicted octanol–water partition coefficient (Wildman–Crippen LogP) is 3.63. The van der Waals surface area contributed by atoms with Gasteiger partial charge in [-0.3, -0.25) is 0 Å². The molecule has 1 aromatic carbocycles. The van der Waals surface area contributed by atoms with Crippen LogP contribution in [0.1, 0.15) is 30.9 Å². The fraction of sp³-hybridized carbons (Fsp3) is 0.429. The van der Waals surface area contributed by atoms with Crippen molar-refractivity contribution in [2.75, 3.05) is 0 Å². The van der Waals surface area contributed by atoms with Crippen LogP contribution in [0.2, 0.25) is 5.02 Å². The quantitative estimate of drug-likeness (QED) is 0.865. The van der Waals surface area contributed by atoms with Crippen molar-refractivity contribution in [2.45, 2.75) is 25.3 Å². The molecular formula is C14H17ClN2. The number of nitrogens with two attached hydrogens (primary N) is 1. The summed E-state index contributed by atoms with van der Waals surface area (Å²) < 4.78 is 2.09. The van der Waals surface area contributed by atoms with E-state index in [2.05, 4.69) is 16.8 Å². The van der Waals surface area contributed by atoms with Crippen molar-refractivity contribution in [2.24, 2.45) is 18.7 Å². The van der Waals surface area contributed by atoms with Crippen LogP contribution in [-0.2, 0) is 7.05 Å². The van der Waals surface area contributed by atoms with Gasteiger partial charge in [-0.2, -0.15) is 0 Å². The summed E-state index contributed by atoms with van der Waals surface area (Å²) in [5, 5.41) is 2.01. The Hall–Kier alpha value is -0.990. The zero-order valence-electron chi connectivity index (χ0n) is 9.99. The van der Waals surface area contributed by atoms with Crippen LogP contribution in [0, 0.1) is 5.92 Å². The van der Waals surface area contributed by atoms with Gasteiger partial charge in [0.15, 0.2) is 0 Å². The van der Waals surface area contributed by atoms with Crippen molar-refractivity contribution >= 4 is 22.5 Å². The van der Waals surface area contributed by atoms with Crippen molar-refractivity contribution < 1.29 is 0 Å². The maximum absolute atomic E-state index is 6.37. The third-order valence-electron chi connectivity index (χ3n) is 4.00. The van der Waals surface area contributed by atoms with Crippen molar-refractivity contribution in [3.63, 3.8) is 0 Å². The van der Waals surface area contributed by atoms with Crippen LogP contribution in [0.3, 0.4) is 0 Å². The molecule has 0 spiro atoms. The molecular weight excluding hydrogens is 232 g/mol. The van der Waals surface area contributed by atoms with E-state index in [-0.39, 0.29) is 6.04 Å². The standard InChI is InChI=1S/C14H17ClN2/c1-17-8-11(13(16)9-4-2-5-9)10-6-3-7-12(15)14(10)17/h3,6-9,13H,2,4-5,16H2,1H3. The van der Waals surface area contributed by atoms with Gasteiger partial charge >= 0.3 is 0 Å². The Bertz CT molecular complexity index is 555. The van der Waals surface area contributed by atoms with Crippen molar-refractivity contribution in [3.8, 4) is 0 Å². The minimum Gasteiger partial charge on any atom is -0.349 e. The monoisotopic (exact) mass is 248 g/mol. The molecule has 1 saturated carbocycles. The van der Waals surface area contributed by atoms with Gasteiger partial charge in [0.1, 0.15) is 0 Å². The minimum absolute atomic E-state index is 0.158. The summed E-state index contributed by atoms with van der Waals surface area (Å²) in [7, 11) is 2.03. The van der Waals surface area contributed by atoms with Gasteiger partial charge in [0.05, 0.1) is 10.5 Å². The largest absolute Gasteiger partial charge is 0.349 e. The van der Waals surface area contributed by atoms with E-state index in [0.29, 0.717) is 5.92 Å². The number of fused-ring (bicyclic) bond motifs is 1. The molecule has 2 N–H and O–H groups in total. The van der Waals surface area contributed by atoms with Gasteiger partial charge in [0.2, 0.25) is 0 Å². The second kappa shape index (κ2) is 4.04. The van der Waals surface area contributed by atoms with Gasteiger partial charge in [-0.25, -0.2) is 0 Å². The molecule has 1 atom stereocenters. The van der Waals surface area contributed by atoms with Gasteiger partial charge in [0.25, 0.3) is 0 Å². The molecule has 1 heterocycles. The summed E-state index contributed by atoms with van der Waals surface area (Å²) in [5.41, 5.74) is 8.71. The molecule has 1 aromatic heterocycles. The zero-order chi connectivity index (χ0) is 12.0. The highest BCUT2D eigenvalue weighted by molar-refractivity contribution is 6.35. The maximum Gasteiger partial charge on any atom is 0.0670 e. The molecule has 3 rings (SSSR count). The molecule has 3 heteroatoms. The molecule has 0 bridgehead atoms. The molecule has 1 unspecified atom stereocenters. The van der Waals surface area contributed by atoms with Crippen molar-refractivity contribution in [1.82, 2.24) is 4.57 Å². The number of rotatable bonds is 2. The van der Waals surface area contributed by atoms with Gasteiger partial charge in [-0.15, -0.1) is 0 Å². The average molecular weight is 249 g/mol. The van der Waals surface area contributed by atoms with E-state index in [1.807, 2.05) is 19.2 Å². The van der Waals surface area contributed by atoms with Gasteiger partial charge in [-0.1, -0.05) is 30.2 Å². The average Bonchev–Trinajstić information content (AvgIpc) is 2.55. The summed E-state index contributed by atoms with van der Waals surface area (Å²) in [5.74, 6) is 0.652. The molecule has 0 aliphatic heterocycles. The van der Waals surface area contributed by atoms with E-state index in [9.17, 15) is 0 Å². The number of hydrogen-bond donors (Lipinski definition) is 1. The minimum atomic E-state index is 0.158. The highest BCUT2D eigenvalue weighted by Gasteiger charge is 2.27. The third-order valence-corrected chi connectivity index (χ3v) is 4.31. The van der Waals surface area contributed by atoms with E-state index < -0.39 is 0 Å². The topological polar surface area (TPSA) is 30.9 Å². The van der Waals surface area contributed by atoms with Crippen molar-refractivity contribution in [3.05, 3.63) is 35.0 Å². The molecule has 17 heavy (non-hydrogen) atoms. The second-order valence-corrected chi connectivity index (χ2v) is 5.46. The lowest BCUT2D eigenvalue weighted by Crippen LogP contribution is -2.26. The molecule has 1 fully saturated rings. The van der Waals surface area contributed by atoms with Crippen LogP contribution in [0.5, 0.6) is 0 Å². The van der Waals surface area contributed by atoms with Crippen LogP contribution in [0.15, 0.2) is 24.4 Å². The number of aromatic nitrogens is 1. The lowest BCUT2D eigenvalue weighted by Gasteiger charge is -2.31. The van der Waals surface area contributed by atoms with Gasteiger partial charge in [0, 0.05) is 24.7 Å². The van der Waals surface area contributed by atoms with E-state index in [1.165, 1.54) is 30.2 Å². The first-order valence-corrected chi connectivity index (χ1v) is 6.55. The number of halogens is 1. The molecule has 2 nitrogen and oxygen atoms in total. The van der Waals surface area contributed by atoms with Crippen molar-refractivity contribution in [1.29, 1.82) is 0 Å². The Morgan fingerprint density at radius 1 is 1.41 bits per heavy atom. The van der Waals surface area contributed by atoms with Crippen LogP contribution in [0.25, 0.3) is 10.9 Å². The van der Waals surface area contributed by atoms with Crippen LogP contribution in [0.4, 0.5) is 0 Å². The number of nitrogens with zero attached hydrogens (tertiary/aromatic N) is 1. The molecule has 0 radical (unpaired) electrons. The van der Waals surface area contributed by atoms with E-state index in [0.717, 1.165) is 10.5 Å². The first kappa shape index (κ1) is 11.1. The summed E-state index contributed by atoms with van der Waals surface area (Å²) in [6.45, 7) is 0. The number of hydrogen-bond acceptors (Lipinski definition) is 1. The fourth-order valence-electron chi connectivity index (χ4n) is 2.77. The Morgan fingerprint density at radius 2 is 2.18 bits per heavy atom. The smallest absolute Gasteiger partial charge is 0.0670 e. The Morgan fingerprint density at radius 3 is 2.82 bits per heavy atom. The van der Waals surface area contributed by atoms with Gasteiger partial charge in [-0.05, 0) is 30.4 Å². The van der Waals surface area contributed by atoms with E-state index in [1.54, 1.807) is 0 Å². The molecule has 0 saturated heterocycles. The molecule has 1 aliphatic carbocycles. The predicted molar refractivity (Wildman–Crippen MR) is 72.2 cm³/mol. The number of benzene rings is 1. The maximum atomic E-state index is 6.37. The lowest BCUT2D eigenvalue weighted by molar-refractivity contribution is 0.265. The Kier molecular flexibility index (Phi) is 2.64.